The van der Waals surface area contributed by atoms with Gasteiger partial charge in [-0.25, -0.2) is 4.98 Å². The van der Waals surface area contributed by atoms with Crippen LogP contribution in [0.5, 0.6) is 0 Å². The van der Waals surface area contributed by atoms with Crippen LogP contribution in [0, 0.1) is 5.41 Å². The summed E-state index contributed by atoms with van der Waals surface area (Å²) in [7, 11) is 0. The Morgan fingerprint density at radius 3 is 2.79 bits per heavy atom. The van der Waals surface area contributed by atoms with Gasteiger partial charge in [0.05, 0.1) is 10.7 Å². The Labute approximate surface area is 120 Å². The molecule has 1 aromatic heterocycles. The van der Waals surface area contributed by atoms with Crippen molar-refractivity contribution in [3.8, 4) is 0 Å². The molecule has 0 unspecified atom stereocenters. The molecule has 0 spiro atoms. The lowest BCUT2D eigenvalue weighted by Gasteiger charge is -2.37. The minimum atomic E-state index is 0.318. The lowest BCUT2D eigenvalue weighted by Crippen LogP contribution is -2.36. The van der Waals surface area contributed by atoms with E-state index in [0.29, 0.717) is 12.0 Å². The Hall–Kier alpha value is -0.450. The van der Waals surface area contributed by atoms with E-state index < -0.39 is 0 Å². The number of nitrogens with zero attached hydrogens (tertiary/aromatic N) is 1. The molecule has 0 aromatic carbocycles. The van der Waals surface area contributed by atoms with E-state index in [-0.39, 0.29) is 0 Å². The van der Waals surface area contributed by atoms with Gasteiger partial charge >= 0.3 is 0 Å². The van der Waals surface area contributed by atoms with E-state index in [2.05, 4.69) is 22.6 Å². The zero-order chi connectivity index (χ0) is 13.6. The van der Waals surface area contributed by atoms with E-state index in [4.69, 9.17) is 0 Å². The number of aryl methyl sites for hydroxylation is 1. The summed E-state index contributed by atoms with van der Waals surface area (Å²) in [5.41, 5.74) is 1.49. The molecule has 1 heterocycles. The third-order valence-corrected chi connectivity index (χ3v) is 5.31. The molecule has 1 aliphatic rings. The molecule has 1 aliphatic carbocycles. The Balaban J connectivity index is 1.81. The molecule has 108 valence electrons. The normalized spacial score (nSPS) is 18.6. The summed E-state index contributed by atoms with van der Waals surface area (Å²) >= 11 is 1.75. The predicted molar refractivity (Wildman–Crippen MR) is 80.4 cm³/mol. The van der Waals surface area contributed by atoms with E-state index in [9.17, 15) is 5.11 Å². The van der Waals surface area contributed by atoms with Crippen molar-refractivity contribution in [2.45, 2.75) is 58.4 Å². The number of nitrogens with one attached hydrogen (secondary N) is 1. The highest BCUT2D eigenvalue weighted by atomic mass is 32.1. The van der Waals surface area contributed by atoms with Gasteiger partial charge < -0.3 is 10.4 Å². The van der Waals surface area contributed by atoms with Crippen molar-refractivity contribution in [2.75, 3.05) is 13.2 Å². The third-order valence-electron chi connectivity index (χ3n) is 4.26. The molecular weight excluding hydrogens is 256 g/mol. The summed E-state index contributed by atoms with van der Waals surface area (Å²) in [6.07, 6.45) is 8.49. The molecule has 1 aromatic rings. The Morgan fingerprint density at radius 2 is 2.16 bits per heavy atom. The first-order chi connectivity index (χ1) is 9.28. The number of aliphatic hydroxyl groups is 1. The number of thiazole rings is 1. The van der Waals surface area contributed by atoms with E-state index in [1.807, 2.05) is 0 Å². The lowest BCUT2D eigenvalue weighted by atomic mass is 9.72. The highest BCUT2D eigenvalue weighted by Gasteiger charge is 2.30. The largest absolute Gasteiger partial charge is 0.396 e. The summed E-state index contributed by atoms with van der Waals surface area (Å²) in [5.74, 6) is 0. The van der Waals surface area contributed by atoms with Crippen molar-refractivity contribution in [1.29, 1.82) is 0 Å². The van der Waals surface area contributed by atoms with Crippen LogP contribution in [0.3, 0.4) is 0 Å². The number of aliphatic hydroxyl groups excluding tert-OH is 1. The highest BCUT2D eigenvalue weighted by molar-refractivity contribution is 7.09. The molecule has 2 rings (SSSR count). The van der Waals surface area contributed by atoms with Gasteiger partial charge in [-0.2, -0.15) is 0 Å². The molecule has 0 radical (unpaired) electrons. The maximum Gasteiger partial charge on any atom is 0.0926 e. The molecule has 19 heavy (non-hydrogen) atoms. The van der Waals surface area contributed by atoms with Crippen molar-refractivity contribution in [2.24, 2.45) is 5.41 Å². The van der Waals surface area contributed by atoms with Gasteiger partial charge in [0, 0.05) is 25.1 Å². The molecule has 0 atom stereocenters. The fourth-order valence-corrected chi connectivity index (χ4v) is 3.85. The summed E-state index contributed by atoms with van der Waals surface area (Å²) < 4.78 is 0. The third kappa shape index (κ3) is 4.26. The molecule has 2 N–H and O–H groups in total. The van der Waals surface area contributed by atoms with Crippen molar-refractivity contribution in [1.82, 2.24) is 10.3 Å². The van der Waals surface area contributed by atoms with Crippen LogP contribution < -0.4 is 5.32 Å². The smallest absolute Gasteiger partial charge is 0.0926 e. The van der Waals surface area contributed by atoms with Gasteiger partial charge in [-0.1, -0.05) is 26.2 Å². The zero-order valence-corrected chi connectivity index (χ0v) is 12.8. The Kier molecular flexibility index (Phi) is 5.79. The van der Waals surface area contributed by atoms with E-state index in [1.54, 1.807) is 11.3 Å². The van der Waals surface area contributed by atoms with Gasteiger partial charge in [0.25, 0.3) is 0 Å². The summed E-state index contributed by atoms with van der Waals surface area (Å²) in [6.45, 7) is 4.35. The zero-order valence-electron chi connectivity index (χ0n) is 12.0. The molecule has 0 amide bonds. The molecule has 3 nitrogen and oxygen atoms in total. The molecule has 0 saturated heterocycles. The lowest BCUT2D eigenvalue weighted by molar-refractivity contribution is 0.126. The van der Waals surface area contributed by atoms with Gasteiger partial charge in [0.15, 0.2) is 0 Å². The monoisotopic (exact) mass is 282 g/mol. The average Bonchev–Trinajstić information content (AvgIpc) is 2.88. The number of aromatic nitrogens is 1. The SMILES string of the molecule is CCc1nc(CNCC2(CCO)CCCCC2)cs1. The maximum atomic E-state index is 9.30. The van der Waals surface area contributed by atoms with Crippen LogP contribution in [-0.2, 0) is 13.0 Å². The first-order valence-electron chi connectivity index (χ1n) is 7.53. The molecule has 0 bridgehead atoms. The van der Waals surface area contributed by atoms with Crippen LogP contribution in [-0.4, -0.2) is 23.2 Å². The van der Waals surface area contributed by atoms with Crippen LogP contribution in [0.2, 0.25) is 0 Å². The minimum absolute atomic E-state index is 0.318. The standard InChI is InChI=1S/C15H26N2OS/c1-2-14-17-13(11-19-14)10-16-12-15(8-9-18)6-4-3-5-7-15/h11,16,18H,2-10,12H2,1H3. The van der Waals surface area contributed by atoms with Gasteiger partial charge in [0.2, 0.25) is 0 Å². The second-order valence-electron chi connectivity index (χ2n) is 5.72. The fraction of sp³-hybridized carbons (Fsp3) is 0.800. The first-order valence-corrected chi connectivity index (χ1v) is 8.41. The Morgan fingerprint density at radius 1 is 1.37 bits per heavy atom. The number of hydrogen-bond donors (Lipinski definition) is 2. The molecule has 0 aliphatic heterocycles. The molecule has 1 fully saturated rings. The van der Waals surface area contributed by atoms with Crippen molar-refractivity contribution in [3.63, 3.8) is 0 Å². The number of rotatable bonds is 7. The van der Waals surface area contributed by atoms with Crippen molar-refractivity contribution in [3.05, 3.63) is 16.1 Å². The first kappa shape index (κ1) is 14.9. The van der Waals surface area contributed by atoms with Gasteiger partial charge in [-0.15, -0.1) is 11.3 Å². The van der Waals surface area contributed by atoms with Crippen LogP contribution in [0.15, 0.2) is 5.38 Å². The maximum absolute atomic E-state index is 9.30. The molecule has 4 heteroatoms. The second kappa shape index (κ2) is 7.36. The van der Waals surface area contributed by atoms with Gasteiger partial charge in [-0.3, -0.25) is 0 Å². The topological polar surface area (TPSA) is 45.2 Å². The summed E-state index contributed by atoms with van der Waals surface area (Å²) in [4.78, 5) is 4.59. The summed E-state index contributed by atoms with van der Waals surface area (Å²) in [5, 5.41) is 16.2. The van der Waals surface area contributed by atoms with Gasteiger partial charge in [-0.05, 0) is 31.1 Å². The van der Waals surface area contributed by atoms with Crippen LogP contribution >= 0.6 is 11.3 Å². The van der Waals surface area contributed by atoms with E-state index >= 15 is 0 Å². The minimum Gasteiger partial charge on any atom is -0.396 e. The summed E-state index contributed by atoms with van der Waals surface area (Å²) in [6, 6.07) is 0. The highest BCUT2D eigenvalue weighted by Crippen LogP contribution is 2.38. The molecular formula is C15H26N2OS. The molecule has 1 saturated carbocycles. The van der Waals surface area contributed by atoms with Crippen molar-refractivity contribution < 1.29 is 5.11 Å². The van der Waals surface area contributed by atoms with Crippen LogP contribution in [0.4, 0.5) is 0 Å². The quantitative estimate of drug-likeness (QED) is 0.807. The van der Waals surface area contributed by atoms with Gasteiger partial charge in [0.1, 0.15) is 0 Å². The van der Waals surface area contributed by atoms with Crippen LogP contribution in [0.25, 0.3) is 0 Å². The second-order valence-corrected chi connectivity index (χ2v) is 6.67. The fourth-order valence-electron chi connectivity index (χ4n) is 3.10. The van der Waals surface area contributed by atoms with E-state index in [1.165, 1.54) is 37.1 Å². The van der Waals surface area contributed by atoms with E-state index in [0.717, 1.165) is 31.6 Å². The van der Waals surface area contributed by atoms with Crippen molar-refractivity contribution >= 4 is 11.3 Å². The Bertz CT molecular complexity index is 366. The average molecular weight is 282 g/mol. The number of hydrogen-bond acceptors (Lipinski definition) is 4. The van der Waals surface area contributed by atoms with Crippen LogP contribution in [0.1, 0.15) is 56.2 Å². The predicted octanol–water partition coefficient (Wildman–Crippen LogP) is 3.13.